The SMILES string of the molecule is COc1ccc(Cc2noc([C@H]3NCCO[C@@H]3C)n2)cc1.Cl. The van der Waals surface area contributed by atoms with Gasteiger partial charge in [0.25, 0.3) is 0 Å². The van der Waals surface area contributed by atoms with Gasteiger partial charge in [0, 0.05) is 13.0 Å². The lowest BCUT2D eigenvalue weighted by Crippen LogP contribution is -2.40. The van der Waals surface area contributed by atoms with Crippen molar-refractivity contribution < 1.29 is 14.0 Å². The van der Waals surface area contributed by atoms with Gasteiger partial charge in [-0.25, -0.2) is 0 Å². The van der Waals surface area contributed by atoms with Crippen LogP contribution in [0.3, 0.4) is 0 Å². The van der Waals surface area contributed by atoms with E-state index in [4.69, 9.17) is 14.0 Å². The first-order valence-electron chi connectivity index (χ1n) is 7.06. The van der Waals surface area contributed by atoms with E-state index in [1.807, 2.05) is 31.2 Å². The van der Waals surface area contributed by atoms with Crippen molar-refractivity contribution in [3.05, 3.63) is 41.5 Å². The lowest BCUT2D eigenvalue weighted by atomic mass is 10.1. The summed E-state index contributed by atoms with van der Waals surface area (Å²) in [7, 11) is 1.65. The third kappa shape index (κ3) is 3.76. The number of hydrogen-bond acceptors (Lipinski definition) is 6. The summed E-state index contributed by atoms with van der Waals surface area (Å²) in [6.45, 7) is 3.51. The number of methoxy groups -OCH3 is 1. The van der Waals surface area contributed by atoms with Crippen molar-refractivity contribution >= 4 is 12.4 Å². The molecular weight excluding hydrogens is 306 g/mol. The molecule has 1 saturated heterocycles. The number of hydrogen-bond donors (Lipinski definition) is 1. The Hall–Kier alpha value is -1.63. The van der Waals surface area contributed by atoms with E-state index in [9.17, 15) is 0 Å². The molecule has 1 aliphatic heterocycles. The van der Waals surface area contributed by atoms with Crippen molar-refractivity contribution in [2.45, 2.75) is 25.5 Å². The molecule has 3 rings (SSSR count). The normalized spacial score (nSPS) is 21.2. The number of morpholine rings is 1. The standard InChI is InChI=1S/C15H19N3O3.ClH/c1-10-14(16-7-8-20-10)15-17-13(18-21-15)9-11-3-5-12(19-2)6-4-11;/h3-6,10,14,16H,7-9H2,1-2H3;1H/t10-,14+;/m1./s1. The van der Waals surface area contributed by atoms with E-state index in [0.717, 1.165) is 17.9 Å². The van der Waals surface area contributed by atoms with E-state index in [-0.39, 0.29) is 24.6 Å². The molecule has 1 N–H and O–H groups in total. The topological polar surface area (TPSA) is 69.4 Å². The van der Waals surface area contributed by atoms with E-state index in [0.29, 0.717) is 24.7 Å². The molecule has 1 aromatic carbocycles. The highest BCUT2D eigenvalue weighted by Gasteiger charge is 2.28. The highest BCUT2D eigenvalue weighted by Crippen LogP contribution is 2.21. The van der Waals surface area contributed by atoms with E-state index >= 15 is 0 Å². The number of nitrogens with one attached hydrogen (secondary N) is 1. The van der Waals surface area contributed by atoms with Crippen molar-refractivity contribution in [2.75, 3.05) is 20.3 Å². The van der Waals surface area contributed by atoms with Crippen LogP contribution in [-0.4, -0.2) is 36.5 Å². The van der Waals surface area contributed by atoms with Crippen molar-refractivity contribution in [3.63, 3.8) is 0 Å². The van der Waals surface area contributed by atoms with Gasteiger partial charge >= 0.3 is 0 Å². The first-order valence-corrected chi connectivity index (χ1v) is 7.06. The summed E-state index contributed by atoms with van der Waals surface area (Å²) >= 11 is 0. The Bertz CT molecular complexity index is 588. The Morgan fingerprint density at radius 2 is 2.09 bits per heavy atom. The molecule has 1 aromatic heterocycles. The van der Waals surface area contributed by atoms with E-state index < -0.39 is 0 Å². The smallest absolute Gasteiger partial charge is 0.246 e. The van der Waals surface area contributed by atoms with Crippen LogP contribution in [-0.2, 0) is 11.2 Å². The summed E-state index contributed by atoms with van der Waals surface area (Å²) in [6.07, 6.45) is 0.670. The molecule has 0 saturated carbocycles. The summed E-state index contributed by atoms with van der Waals surface area (Å²) in [5.41, 5.74) is 1.11. The van der Waals surface area contributed by atoms with Gasteiger partial charge in [-0.2, -0.15) is 4.98 Å². The Morgan fingerprint density at radius 3 is 2.77 bits per heavy atom. The molecule has 0 bridgehead atoms. The van der Waals surface area contributed by atoms with Crippen molar-refractivity contribution in [1.82, 2.24) is 15.5 Å². The molecule has 0 radical (unpaired) electrons. The van der Waals surface area contributed by atoms with E-state index in [2.05, 4.69) is 15.5 Å². The lowest BCUT2D eigenvalue weighted by molar-refractivity contribution is -0.00136. The molecule has 1 fully saturated rings. The van der Waals surface area contributed by atoms with Crippen molar-refractivity contribution in [1.29, 1.82) is 0 Å². The highest BCUT2D eigenvalue weighted by molar-refractivity contribution is 5.85. The summed E-state index contributed by atoms with van der Waals surface area (Å²) in [4.78, 5) is 4.47. The van der Waals surface area contributed by atoms with Crippen LogP contribution in [0.25, 0.3) is 0 Å². The van der Waals surface area contributed by atoms with E-state index in [1.165, 1.54) is 0 Å². The maximum atomic E-state index is 5.59. The first kappa shape index (κ1) is 16.7. The van der Waals surface area contributed by atoms with Crippen LogP contribution in [0.5, 0.6) is 5.75 Å². The molecule has 6 nitrogen and oxygen atoms in total. The molecule has 120 valence electrons. The number of rotatable bonds is 4. The number of ether oxygens (including phenoxy) is 2. The van der Waals surface area contributed by atoms with Crippen molar-refractivity contribution in [3.8, 4) is 5.75 Å². The molecule has 2 heterocycles. The Labute approximate surface area is 135 Å². The fourth-order valence-corrected chi connectivity index (χ4v) is 2.40. The fraction of sp³-hybridized carbons (Fsp3) is 0.467. The van der Waals surface area contributed by atoms with Crippen LogP contribution < -0.4 is 10.1 Å². The number of halogens is 1. The molecule has 1 aliphatic rings. The molecule has 0 amide bonds. The van der Waals surface area contributed by atoms with Gasteiger partial charge in [-0.1, -0.05) is 17.3 Å². The van der Waals surface area contributed by atoms with Crippen LogP contribution in [0.1, 0.15) is 30.2 Å². The summed E-state index contributed by atoms with van der Waals surface area (Å²) in [6, 6.07) is 7.82. The summed E-state index contributed by atoms with van der Waals surface area (Å²) in [5.74, 6) is 2.10. The average Bonchev–Trinajstić information content (AvgIpc) is 2.97. The van der Waals surface area contributed by atoms with Gasteiger partial charge < -0.3 is 19.3 Å². The molecule has 0 spiro atoms. The van der Waals surface area contributed by atoms with Crippen LogP contribution in [0, 0.1) is 0 Å². The quantitative estimate of drug-likeness (QED) is 0.928. The Balaban J connectivity index is 0.00000176. The van der Waals surface area contributed by atoms with Gasteiger partial charge in [-0.3, -0.25) is 0 Å². The minimum atomic E-state index is -0.0316. The number of benzene rings is 1. The molecule has 22 heavy (non-hydrogen) atoms. The van der Waals surface area contributed by atoms with Gasteiger partial charge in [0.1, 0.15) is 11.8 Å². The molecular formula is C15H20ClN3O3. The highest BCUT2D eigenvalue weighted by atomic mass is 35.5. The fourth-order valence-electron chi connectivity index (χ4n) is 2.40. The zero-order chi connectivity index (χ0) is 14.7. The predicted octanol–water partition coefficient (Wildman–Crippen LogP) is 2.14. The lowest BCUT2D eigenvalue weighted by Gasteiger charge is -2.27. The molecule has 2 aromatic rings. The number of nitrogens with zero attached hydrogens (tertiary/aromatic N) is 2. The van der Waals surface area contributed by atoms with Crippen molar-refractivity contribution in [2.24, 2.45) is 0 Å². The zero-order valence-electron chi connectivity index (χ0n) is 12.6. The molecule has 0 unspecified atom stereocenters. The van der Waals surface area contributed by atoms with Crippen LogP contribution >= 0.6 is 12.4 Å². The zero-order valence-corrected chi connectivity index (χ0v) is 13.4. The predicted molar refractivity (Wildman–Crippen MR) is 83.5 cm³/mol. The monoisotopic (exact) mass is 325 g/mol. The maximum absolute atomic E-state index is 5.59. The van der Waals surface area contributed by atoms with Crippen LogP contribution in [0.15, 0.2) is 28.8 Å². The molecule has 0 aliphatic carbocycles. The van der Waals surface area contributed by atoms with Gasteiger partial charge in [0.15, 0.2) is 5.82 Å². The Kier molecular flexibility index (Phi) is 5.76. The second-order valence-electron chi connectivity index (χ2n) is 5.08. The molecule has 7 heteroatoms. The van der Waals surface area contributed by atoms with E-state index in [1.54, 1.807) is 7.11 Å². The second kappa shape index (κ2) is 7.58. The van der Waals surface area contributed by atoms with Gasteiger partial charge in [0.05, 0.1) is 19.8 Å². The largest absolute Gasteiger partial charge is 0.497 e. The summed E-state index contributed by atoms with van der Waals surface area (Å²) < 4.78 is 16.1. The third-order valence-electron chi connectivity index (χ3n) is 3.59. The first-order chi connectivity index (χ1) is 10.3. The second-order valence-corrected chi connectivity index (χ2v) is 5.08. The van der Waals surface area contributed by atoms with Gasteiger partial charge in [0.2, 0.25) is 5.89 Å². The Morgan fingerprint density at radius 1 is 1.32 bits per heavy atom. The molecule has 2 atom stereocenters. The maximum Gasteiger partial charge on any atom is 0.246 e. The third-order valence-corrected chi connectivity index (χ3v) is 3.59. The van der Waals surface area contributed by atoms with Gasteiger partial charge in [-0.05, 0) is 24.6 Å². The average molecular weight is 326 g/mol. The summed E-state index contributed by atoms with van der Waals surface area (Å²) in [5, 5.41) is 7.39. The number of aromatic nitrogens is 2. The van der Waals surface area contributed by atoms with Gasteiger partial charge in [-0.15, -0.1) is 12.4 Å². The minimum absolute atomic E-state index is 0. The van der Waals surface area contributed by atoms with Crippen LogP contribution in [0.2, 0.25) is 0 Å². The van der Waals surface area contributed by atoms with Crippen LogP contribution in [0.4, 0.5) is 0 Å². The minimum Gasteiger partial charge on any atom is -0.497 e.